The molecule has 2 aromatic rings. The van der Waals surface area contributed by atoms with E-state index in [-0.39, 0.29) is 24.2 Å². The lowest BCUT2D eigenvalue weighted by Gasteiger charge is -2.18. The first kappa shape index (κ1) is 18.5. The first-order chi connectivity index (χ1) is 10.1. The molecule has 0 saturated heterocycles. The van der Waals surface area contributed by atoms with Gasteiger partial charge in [-0.2, -0.15) is 0 Å². The van der Waals surface area contributed by atoms with Gasteiger partial charge in [0.2, 0.25) is 0 Å². The summed E-state index contributed by atoms with van der Waals surface area (Å²) in [6, 6.07) is 15.8. The number of aromatic hydroxyl groups is 1. The largest absolute Gasteiger partial charge is 1.00 e. The maximum atomic E-state index is 10.4. The zero-order valence-corrected chi connectivity index (χ0v) is 13.8. The molecular weight excluding hydrogens is 298 g/mol. The Morgan fingerprint density at radius 1 is 1.09 bits per heavy atom. The van der Waals surface area contributed by atoms with Gasteiger partial charge in [0.1, 0.15) is 17.9 Å². The Morgan fingerprint density at radius 2 is 1.77 bits per heavy atom. The summed E-state index contributed by atoms with van der Waals surface area (Å²) in [7, 11) is 0. The standard InChI is InChI=1S/C18H23NO2.ClH/c1-13-8-9-16(12-17(13)20)18(21)14(2)19-11-10-15-6-4-3-5-7-15;/h3-9,12,14,18-21H,10-11H2,1-2H3;1H. The Morgan fingerprint density at radius 3 is 2.41 bits per heavy atom. The van der Waals surface area contributed by atoms with Gasteiger partial charge in [-0.25, -0.2) is 0 Å². The second-order valence-corrected chi connectivity index (χ2v) is 5.61. The van der Waals surface area contributed by atoms with Crippen LogP contribution in [0.15, 0.2) is 48.5 Å². The molecule has 4 heteroatoms. The minimum atomic E-state index is -0.577. The molecule has 0 amide bonds. The van der Waals surface area contributed by atoms with Gasteiger partial charge < -0.3 is 27.9 Å². The summed E-state index contributed by atoms with van der Waals surface area (Å²) >= 11 is 0. The molecule has 0 saturated carbocycles. The Kier molecular flexibility index (Phi) is 7.39. The SMILES string of the molecule is Cc1ccc(C(O)C(C)[NH2+]CCc2ccccc2)cc1O.[Cl-]. The van der Waals surface area contributed by atoms with E-state index in [1.165, 1.54) is 5.56 Å². The van der Waals surface area contributed by atoms with E-state index < -0.39 is 6.10 Å². The minimum Gasteiger partial charge on any atom is -1.00 e. The van der Waals surface area contributed by atoms with Crippen LogP contribution in [0.1, 0.15) is 29.7 Å². The van der Waals surface area contributed by atoms with Crippen molar-refractivity contribution in [2.75, 3.05) is 6.54 Å². The third-order valence-electron chi connectivity index (χ3n) is 3.89. The summed E-state index contributed by atoms with van der Waals surface area (Å²) in [6.07, 6.45) is 0.407. The lowest BCUT2D eigenvalue weighted by atomic mass is 10.0. The number of halogens is 1. The predicted octanol–water partition coefficient (Wildman–Crippen LogP) is -1.07. The molecule has 2 rings (SSSR count). The summed E-state index contributed by atoms with van der Waals surface area (Å²) in [6.45, 7) is 4.79. The molecule has 22 heavy (non-hydrogen) atoms. The zero-order valence-electron chi connectivity index (χ0n) is 13.0. The van der Waals surface area contributed by atoms with Crippen molar-refractivity contribution in [3.8, 4) is 5.75 Å². The van der Waals surface area contributed by atoms with Gasteiger partial charge in [-0.05, 0) is 36.6 Å². The van der Waals surface area contributed by atoms with Crippen LogP contribution in [0.5, 0.6) is 5.75 Å². The van der Waals surface area contributed by atoms with Gasteiger partial charge >= 0.3 is 0 Å². The smallest absolute Gasteiger partial charge is 0.130 e. The summed E-state index contributed by atoms with van der Waals surface area (Å²) < 4.78 is 0. The molecule has 0 aliphatic heterocycles. The van der Waals surface area contributed by atoms with Crippen LogP contribution in [0.4, 0.5) is 0 Å². The lowest BCUT2D eigenvalue weighted by Crippen LogP contribution is -3.00. The molecule has 120 valence electrons. The van der Waals surface area contributed by atoms with E-state index >= 15 is 0 Å². The normalized spacial score (nSPS) is 13.2. The van der Waals surface area contributed by atoms with Crippen LogP contribution in [0.2, 0.25) is 0 Å². The lowest BCUT2D eigenvalue weighted by molar-refractivity contribution is -0.694. The van der Waals surface area contributed by atoms with E-state index in [2.05, 4.69) is 17.4 Å². The van der Waals surface area contributed by atoms with Crippen molar-refractivity contribution >= 4 is 0 Å². The Labute approximate surface area is 138 Å². The first-order valence-electron chi connectivity index (χ1n) is 7.43. The van der Waals surface area contributed by atoms with Gasteiger partial charge in [0.25, 0.3) is 0 Å². The van der Waals surface area contributed by atoms with Crippen LogP contribution in [-0.4, -0.2) is 22.8 Å². The highest BCUT2D eigenvalue weighted by atomic mass is 35.5. The third kappa shape index (κ3) is 5.02. The van der Waals surface area contributed by atoms with Gasteiger partial charge in [-0.15, -0.1) is 0 Å². The van der Waals surface area contributed by atoms with E-state index in [1.807, 2.05) is 44.2 Å². The number of aliphatic hydroxyl groups is 1. The van der Waals surface area contributed by atoms with Crippen LogP contribution in [0, 0.1) is 6.92 Å². The average Bonchev–Trinajstić information content (AvgIpc) is 2.50. The fraction of sp³-hybridized carbons (Fsp3) is 0.333. The van der Waals surface area contributed by atoms with Crippen molar-refractivity contribution in [3.63, 3.8) is 0 Å². The molecule has 0 aromatic heterocycles. The highest BCUT2D eigenvalue weighted by Gasteiger charge is 2.19. The number of phenolic OH excluding ortho intramolecular Hbond substituents is 1. The van der Waals surface area contributed by atoms with Crippen LogP contribution in [-0.2, 0) is 6.42 Å². The fourth-order valence-electron chi connectivity index (χ4n) is 2.40. The second kappa shape index (κ2) is 8.79. The molecule has 0 heterocycles. The number of aryl methyl sites for hydroxylation is 1. The quantitative estimate of drug-likeness (QED) is 0.635. The number of hydrogen-bond acceptors (Lipinski definition) is 2. The number of rotatable bonds is 6. The van der Waals surface area contributed by atoms with Crippen LogP contribution >= 0.6 is 0 Å². The Balaban J connectivity index is 0.00000242. The molecule has 0 aliphatic rings. The Hall–Kier alpha value is -1.55. The number of aliphatic hydroxyl groups excluding tert-OH is 1. The number of phenols is 1. The van der Waals surface area contributed by atoms with E-state index in [4.69, 9.17) is 0 Å². The summed E-state index contributed by atoms with van der Waals surface area (Å²) in [5.74, 6) is 0.239. The van der Waals surface area contributed by atoms with E-state index in [9.17, 15) is 10.2 Å². The maximum absolute atomic E-state index is 10.4. The van der Waals surface area contributed by atoms with Crippen molar-refractivity contribution in [2.24, 2.45) is 0 Å². The highest BCUT2D eigenvalue weighted by Crippen LogP contribution is 2.23. The van der Waals surface area contributed by atoms with Crippen LogP contribution in [0.3, 0.4) is 0 Å². The molecule has 0 spiro atoms. The molecule has 4 N–H and O–H groups in total. The van der Waals surface area contributed by atoms with Crippen LogP contribution in [0.25, 0.3) is 0 Å². The molecule has 0 fully saturated rings. The number of quaternary nitrogens is 1. The Bertz CT molecular complexity index is 575. The average molecular weight is 322 g/mol. The van der Waals surface area contributed by atoms with Crippen molar-refractivity contribution in [3.05, 3.63) is 65.2 Å². The minimum absolute atomic E-state index is 0. The molecule has 2 unspecified atom stereocenters. The molecule has 3 nitrogen and oxygen atoms in total. The number of nitrogens with two attached hydrogens (primary N) is 1. The third-order valence-corrected chi connectivity index (χ3v) is 3.89. The molecule has 0 bridgehead atoms. The monoisotopic (exact) mass is 321 g/mol. The molecule has 2 atom stereocenters. The predicted molar refractivity (Wildman–Crippen MR) is 84.2 cm³/mol. The van der Waals surface area contributed by atoms with Gasteiger partial charge in [0.05, 0.1) is 6.54 Å². The van der Waals surface area contributed by atoms with Crippen molar-refractivity contribution in [2.45, 2.75) is 32.4 Å². The molecule has 0 aliphatic carbocycles. The van der Waals surface area contributed by atoms with E-state index in [0.717, 1.165) is 24.1 Å². The van der Waals surface area contributed by atoms with Gasteiger partial charge in [0.15, 0.2) is 0 Å². The number of hydrogen-bond donors (Lipinski definition) is 3. The molecular formula is C18H24ClNO2. The fourth-order valence-corrected chi connectivity index (χ4v) is 2.40. The topological polar surface area (TPSA) is 57.1 Å². The summed E-state index contributed by atoms with van der Waals surface area (Å²) in [4.78, 5) is 0. The van der Waals surface area contributed by atoms with E-state index in [1.54, 1.807) is 6.07 Å². The first-order valence-corrected chi connectivity index (χ1v) is 7.43. The van der Waals surface area contributed by atoms with E-state index in [0.29, 0.717) is 0 Å². The van der Waals surface area contributed by atoms with Crippen molar-refractivity contribution < 1.29 is 27.9 Å². The second-order valence-electron chi connectivity index (χ2n) is 5.61. The summed E-state index contributed by atoms with van der Waals surface area (Å²) in [5.41, 5.74) is 2.90. The van der Waals surface area contributed by atoms with Crippen LogP contribution < -0.4 is 17.7 Å². The maximum Gasteiger partial charge on any atom is 0.130 e. The molecule has 2 aromatic carbocycles. The van der Waals surface area contributed by atoms with Gasteiger partial charge in [-0.1, -0.05) is 42.5 Å². The summed E-state index contributed by atoms with van der Waals surface area (Å²) in [5, 5.41) is 22.2. The number of benzene rings is 2. The van der Waals surface area contributed by atoms with Gasteiger partial charge in [0, 0.05) is 6.42 Å². The van der Waals surface area contributed by atoms with Crippen molar-refractivity contribution in [1.82, 2.24) is 0 Å². The zero-order chi connectivity index (χ0) is 15.2. The highest BCUT2D eigenvalue weighted by molar-refractivity contribution is 5.36. The molecule has 0 radical (unpaired) electrons. The van der Waals surface area contributed by atoms with Gasteiger partial charge in [-0.3, -0.25) is 0 Å². The van der Waals surface area contributed by atoms with Crippen molar-refractivity contribution in [1.29, 1.82) is 0 Å².